The Morgan fingerprint density at radius 2 is 1.69 bits per heavy atom. The molecule has 0 heterocycles. The van der Waals surface area contributed by atoms with Crippen molar-refractivity contribution in [2.24, 2.45) is 0 Å². The highest BCUT2D eigenvalue weighted by Crippen LogP contribution is 2.13. The fourth-order valence-electron chi connectivity index (χ4n) is 1.51. The van der Waals surface area contributed by atoms with Gasteiger partial charge in [0.15, 0.2) is 0 Å². The molecule has 0 saturated heterocycles. The van der Waals surface area contributed by atoms with E-state index in [-0.39, 0.29) is 6.61 Å². The molecule has 88 valence electrons. The quantitative estimate of drug-likeness (QED) is 0.602. The minimum atomic E-state index is -1.06. The third kappa shape index (κ3) is 5.33. The number of ether oxygens (including phenoxy) is 1. The fraction of sp³-hybridized carbons (Fsp3) is 0.417. The van der Waals surface area contributed by atoms with E-state index in [9.17, 15) is 4.79 Å². The number of carbonyl (C=O) groups excluding carboxylic acids is 1. The minimum absolute atomic E-state index is 0.246. The predicted molar refractivity (Wildman–Crippen MR) is 69.5 cm³/mol. The van der Waals surface area contributed by atoms with E-state index >= 15 is 0 Å². The summed E-state index contributed by atoms with van der Waals surface area (Å²) in [5, 5.41) is 0. The van der Waals surface area contributed by atoms with Gasteiger partial charge in [-0.05, 0) is 11.6 Å². The van der Waals surface area contributed by atoms with Crippen LogP contribution in [0.15, 0.2) is 24.3 Å². The second-order valence-corrected chi connectivity index (χ2v) is 10.9. The van der Waals surface area contributed by atoms with Crippen LogP contribution >= 0.6 is 11.6 Å². The van der Waals surface area contributed by atoms with Crippen LogP contribution in [0.25, 0.3) is 0 Å². The molecular formula is C12H17ClO2Si. The maximum atomic E-state index is 10.4. The molecule has 4 heteroatoms. The van der Waals surface area contributed by atoms with Crippen LogP contribution in [0.3, 0.4) is 0 Å². The molecular weight excluding hydrogens is 240 g/mol. The second-order valence-electron chi connectivity index (χ2n) is 5.08. The molecule has 0 unspecified atom stereocenters. The van der Waals surface area contributed by atoms with Gasteiger partial charge in [0.2, 0.25) is 0 Å². The van der Waals surface area contributed by atoms with E-state index in [0.29, 0.717) is 0 Å². The Morgan fingerprint density at radius 1 is 1.19 bits per heavy atom. The number of rotatable bonds is 4. The average Bonchev–Trinajstić information content (AvgIpc) is 2.14. The molecule has 0 radical (unpaired) electrons. The zero-order chi connectivity index (χ0) is 12.2. The number of benzene rings is 1. The Kier molecular flexibility index (Phi) is 4.56. The summed E-state index contributed by atoms with van der Waals surface area (Å²) >= 11 is 5.09. The Bertz CT molecular complexity index is 354. The Hall–Kier alpha value is -0.803. The van der Waals surface area contributed by atoms with Crippen LogP contribution in [-0.2, 0) is 17.4 Å². The molecule has 0 aliphatic rings. The van der Waals surface area contributed by atoms with Gasteiger partial charge in [-0.15, -0.1) is 0 Å². The maximum absolute atomic E-state index is 10.4. The molecule has 1 aromatic rings. The van der Waals surface area contributed by atoms with Crippen molar-refractivity contribution in [1.82, 2.24) is 0 Å². The highest BCUT2D eigenvalue weighted by molar-refractivity contribution is 6.75. The van der Waals surface area contributed by atoms with Gasteiger partial charge in [0.05, 0.1) is 0 Å². The zero-order valence-corrected chi connectivity index (χ0v) is 11.7. The van der Waals surface area contributed by atoms with Crippen LogP contribution in [-0.4, -0.2) is 13.5 Å². The summed E-state index contributed by atoms with van der Waals surface area (Å²) in [5.74, 6) is 0. The normalized spacial score (nSPS) is 11.2. The summed E-state index contributed by atoms with van der Waals surface area (Å²) in [6.45, 7) is 7.28. The van der Waals surface area contributed by atoms with Crippen LogP contribution < -0.4 is 0 Å². The molecule has 0 saturated carbocycles. The molecule has 0 bridgehead atoms. The first-order chi connectivity index (χ1) is 7.37. The van der Waals surface area contributed by atoms with E-state index in [2.05, 4.69) is 31.8 Å². The highest BCUT2D eigenvalue weighted by atomic mass is 35.5. The van der Waals surface area contributed by atoms with Crippen molar-refractivity contribution in [1.29, 1.82) is 0 Å². The van der Waals surface area contributed by atoms with Crippen LogP contribution in [0.4, 0.5) is 4.79 Å². The number of hydrogen-bond donors (Lipinski definition) is 0. The van der Waals surface area contributed by atoms with Gasteiger partial charge < -0.3 is 4.74 Å². The van der Waals surface area contributed by atoms with E-state index in [0.717, 1.165) is 5.56 Å². The molecule has 0 fully saturated rings. The van der Waals surface area contributed by atoms with E-state index in [4.69, 9.17) is 16.3 Å². The molecule has 0 aliphatic heterocycles. The molecule has 0 aromatic heterocycles. The van der Waals surface area contributed by atoms with Gasteiger partial charge in [-0.2, -0.15) is 0 Å². The molecule has 0 N–H and O–H groups in total. The van der Waals surface area contributed by atoms with Crippen molar-refractivity contribution in [2.45, 2.75) is 32.3 Å². The van der Waals surface area contributed by atoms with E-state index in [1.807, 2.05) is 12.1 Å². The van der Waals surface area contributed by atoms with Gasteiger partial charge in [-0.25, -0.2) is 4.79 Å². The van der Waals surface area contributed by atoms with Crippen LogP contribution in [0.1, 0.15) is 11.1 Å². The minimum Gasteiger partial charge on any atom is -0.449 e. The third-order valence-electron chi connectivity index (χ3n) is 2.11. The first-order valence-corrected chi connectivity index (χ1v) is 9.35. The number of halogens is 1. The Balaban J connectivity index is 2.57. The molecule has 16 heavy (non-hydrogen) atoms. The lowest BCUT2D eigenvalue weighted by atomic mass is 10.2. The summed E-state index contributed by atoms with van der Waals surface area (Å²) in [6, 6.07) is 9.32. The molecule has 1 aromatic carbocycles. The first-order valence-electron chi connectivity index (χ1n) is 5.27. The first kappa shape index (κ1) is 13.3. The zero-order valence-electron chi connectivity index (χ0n) is 9.92. The van der Waals surface area contributed by atoms with Gasteiger partial charge in [0.25, 0.3) is 0 Å². The highest BCUT2D eigenvalue weighted by Gasteiger charge is 2.13. The summed E-state index contributed by atoms with van der Waals surface area (Å²) in [7, 11) is -1.06. The molecule has 1 rings (SSSR count). The predicted octanol–water partition coefficient (Wildman–Crippen LogP) is 3.98. The van der Waals surface area contributed by atoms with E-state index in [1.165, 1.54) is 11.6 Å². The molecule has 0 aliphatic carbocycles. The topological polar surface area (TPSA) is 26.3 Å². The summed E-state index contributed by atoms with van der Waals surface area (Å²) in [4.78, 5) is 10.4. The van der Waals surface area contributed by atoms with Gasteiger partial charge >= 0.3 is 5.43 Å². The fourth-order valence-corrected chi connectivity index (χ4v) is 3.02. The average molecular weight is 257 g/mol. The Morgan fingerprint density at radius 3 is 2.12 bits per heavy atom. The van der Waals surface area contributed by atoms with Gasteiger partial charge in [0, 0.05) is 19.7 Å². The van der Waals surface area contributed by atoms with Crippen molar-refractivity contribution in [3.63, 3.8) is 0 Å². The Labute approximate surface area is 103 Å². The smallest absolute Gasteiger partial charge is 0.404 e. The van der Waals surface area contributed by atoms with E-state index in [1.54, 1.807) is 0 Å². The lowest BCUT2D eigenvalue weighted by molar-refractivity contribution is 0.167. The van der Waals surface area contributed by atoms with Crippen molar-refractivity contribution in [2.75, 3.05) is 0 Å². The number of hydrogen-bond acceptors (Lipinski definition) is 2. The summed E-state index contributed by atoms with van der Waals surface area (Å²) in [6.07, 6.45) is 0. The van der Waals surface area contributed by atoms with Crippen LogP contribution in [0.5, 0.6) is 0 Å². The second kappa shape index (κ2) is 5.50. The number of carbonyl (C=O) groups is 1. The summed E-state index contributed by atoms with van der Waals surface area (Å²) < 4.78 is 4.70. The monoisotopic (exact) mass is 256 g/mol. The molecule has 0 amide bonds. The maximum Gasteiger partial charge on any atom is 0.404 e. The summed E-state index contributed by atoms with van der Waals surface area (Å²) in [5.41, 5.74) is 1.56. The van der Waals surface area contributed by atoms with Crippen molar-refractivity contribution in [3.8, 4) is 0 Å². The molecule has 0 spiro atoms. The van der Waals surface area contributed by atoms with Gasteiger partial charge in [-0.3, -0.25) is 0 Å². The largest absolute Gasteiger partial charge is 0.449 e. The van der Waals surface area contributed by atoms with Crippen LogP contribution in [0, 0.1) is 0 Å². The van der Waals surface area contributed by atoms with Crippen molar-refractivity contribution in [3.05, 3.63) is 35.4 Å². The van der Waals surface area contributed by atoms with Gasteiger partial charge in [0.1, 0.15) is 6.61 Å². The third-order valence-corrected chi connectivity index (χ3v) is 3.69. The van der Waals surface area contributed by atoms with Crippen molar-refractivity contribution < 1.29 is 9.53 Å². The lowest BCUT2D eigenvalue weighted by Crippen LogP contribution is -2.23. The van der Waals surface area contributed by atoms with E-state index < -0.39 is 13.5 Å². The van der Waals surface area contributed by atoms with Crippen molar-refractivity contribution >= 4 is 25.1 Å². The van der Waals surface area contributed by atoms with Gasteiger partial charge in [-0.1, -0.05) is 49.5 Å². The lowest BCUT2D eigenvalue weighted by Gasteiger charge is -2.15. The molecule has 0 atom stereocenters. The molecule has 2 nitrogen and oxygen atoms in total. The standard InChI is InChI=1S/C12H17ClO2Si/c1-16(2,3)9-11-6-4-10(5-7-11)8-15-12(13)14/h4-7H,8-9H2,1-3H3. The SMILES string of the molecule is C[Si](C)(C)Cc1ccc(COC(=O)Cl)cc1. The van der Waals surface area contributed by atoms with Crippen LogP contribution in [0.2, 0.25) is 19.6 Å².